The molecule has 0 radical (unpaired) electrons. The van der Waals surface area contributed by atoms with Crippen LogP contribution in [0.4, 0.5) is 4.39 Å². The zero-order valence-electron chi connectivity index (χ0n) is 9.74. The van der Waals surface area contributed by atoms with Crippen LogP contribution in [0.2, 0.25) is 0 Å². The summed E-state index contributed by atoms with van der Waals surface area (Å²) in [5, 5.41) is 0. The summed E-state index contributed by atoms with van der Waals surface area (Å²) in [6.45, 7) is 0. The number of benzene rings is 2. The predicted molar refractivity (Wildman–Crippen MR) is 64.9 cm³/mol. The van der Waals surface area contributed by atoms with Crippen molar-refractivity contribution in [3.63, 3.8) is 0 Å². The van der Waals surface area contributed by atoms with Crippen molar-refractivity contribution in [3.8, 4) is 22.6 Å². The fourth-order valence-corrected chi connectivity index (χ4v) is 1.68. The molecule has 0 heterocycles. The van der Waals surface area contributed by atoms with Crippen LogP contribution in [0.15, 0.2) is 42.5 Å². The molecule has 0 bridgehead atoms. The lowest BCUT2D eigenvalue weighted by Crippen LogP contribution is -1.91. The van der Waals surface area contributed by atoms with Crippen LogP contribution in [0.3, 0.4) is 0 Å². The van der Waals surface area contributed by atoms with Crippen molar-refractivity contribution < 1.29 is 13.9 Å². The molecule has 3 heteroatoms. The fourth-order valence-electron chi connectivity index (χ4n) is 1.68. The van der Waals surface area contributed by atoms with Crippen molar-refractivity contribution in [2.75, 3.05) is 14.2 Å². The molecule has 0 saturated heterocycles. The van der Waals surface area contributed by atoms with Gasteiger partial charge in [-0.1, -0.05) is 24.3 Å². The summed E-state index contributed by atoms with van der Waals surface area (Å²) in [6, 6.07) is 12.3. The standard InChI is InChI=1S/C14H13FO2/c1-16-11-6-3-5-10(9-11)12-7-4-8-13(17-2)14(12)15/h3-9H,1-2H3. The van der Waals surface area contributed by atoms with Gasteiger partial charge in [0.2, 0.25) is 0 Å². The summed E-state index contributed by atoms with van der Waals surface area (Å²) in [5.74, 6) is 0.582. The van der Waals surface area contributed by atoms with Crippen LogP contribution >= 0.6 is 0 Å². The molecule has 0 aliphatic rings. The third kappa shape index (κ3) is 2.23. The molecule has 88 valence electrons. The van der Waals surface area contributed by atoms with E-state index in [1.807, 2.05) is 18.2 Å². The summed E-state index contributed by atoms with van der Waals surface area (Å²) >= 11 is 0. The Balaban J connectivity index is 2.52. The molecular weight excluding hydrogens is 219 g/mol. The Labute approximate surface area is 99.6 Å². The van der Waals surface area contributed by atoms with Gasteiger partial charge in [-0.2, -0.15) is 0 Å². The minimum atomic E-state index is -0.358. The SMILES string of the molecule is COc1cccc(-c2cccc(OC)c2F)c1. The molecule has 0 aliphatic heterocycles. The highest BCUT2D eigenvalue weighted by Gasteiger charge is 2.10. The first-order valence-corrected chi connectivity index (χ1v) is 5.23. The molecule has 2 nitrogen and oxygen atoms in total. The Morgan fingerprint density at radius 1 is 0.941 bits per heavy atom. The molecule has 0 unspecified atom stereocenters. The fraction of sp³-hybridized carbons (Fsp3) is 0.143. The van der Waals surface area contributed by atoms with E-state index < -0.39 is 0 Å². The molecule has 2 rings (SSSR count). The maximum Gasteiger partial charge on any atom is 0.172 e. The van der Waals surface area contributed by atoms with Crippen LogP contribution in [0.1, 0.15) is 0 Å². The average Bonchev–Trinajstić information content (AvgIpc) is 2.39. The maximum atomic E-state index is 14.0. The van der Waals surface area contributed by atoms with Crippen LogP contribution in [0.5, 0.6) is 11.5 Å². The van der Waals surface area contributed by atoms with Gasteiger partial charge in [0, 0.05) is 5.56 Å². The van der Waals surface area contributed by atoms with Crippen molar-refractivity contribution in [2.24, 2.45) is 0 Å². The first kappa shape index (κ1) is 11.5. The maximum absolute atomic E-state index is 14.0. The third-order valence-electron chi connectivity index (χ3n) is 2.56. The van der Waals surface area contributed by atoms with Crippen LogP contribution in [0, 0.1) is 5.82 Å². The number of halogens is 1. The Bertz CT molecular complexity index is 523. The van der Waals surface area contributed by atoms with Crippen molar-refractivity contribution >= 4 is 0 Å². The molecule has 2 aromatic rings. The second-order valence-corrected chi connectivity index (χ2v) is 3.55. The van der Waals surface area contributed by atoms with Gasteiger partial charge in [0.05, 0.1) is 14.2 Å². The van der Waals surface area contributed by atoms with E-state index in [1.165, 1.54) is 7.11 Å². The number of rotatable bonds is 3. The largest absolute Gasteiger partial charge is 0.497 e. The number of hydrogen-bond donors (Lipinski definition) is 0. The summed E-state index contributed by atoms with van der Waals surface area (Å²) < 4.78 is 24.1. The topological polar surface area (TPSA) is 18.5 Å². The van der Waals surface area contributed by atoms with Gasteiger partial charge in [-0.25, -0.2) is 4.39 Å². The van der Waals surface area contributed by atoms with Gasteiger partial charge in [0.1, 0.15) is 5.75 Å². The Hall–Kier alpha value is -2.03. The Kier molecular flexibility index (Phi) is 3.28. The van der Waals surface area contributed by atoms with E-state index in [2.05, 4.69) is 0 Å². The number of hydrogen-bond acceptors (Lipinski definition) is 2. The monoisotopic (exact) mass is 232 g/mol. The minimum Gasteiger partial charge on any atom is -0.497 e. The summed E-state index contributed by atoms with van der Waals surface area (Å²) in [5.41, 5.74) is 1.27. The zero-order chi connectivity index (χ0) is 12.3. The van der Waals surface area contributed by atoms with Gasteiger partial charge < -0.3 is 9.47 Å². The van der Waals surface area contributed by atoms with E-state index >= 15 is 0 Å². The molecule has 2 aromatic carbocycles. The molecule has 0 N–H and O–H groups in total. The van der Waals surface area contributed by atoms with Gasteiger partial charge in [0.15, 0.2) is 11.6 Å². The van der Waals surface area contributed by atoms with E-state index in [9.17, 15) is 4.39 Å². The smallest absolute Gasteiger partial charge is 0.172 e. The van der Waals surface area contributed by atoms with E-state index in [-0.39, 0.29) is 11.6 Å². The van der Waals surface area contributed by atoms with Crippen molar-refractivity contribution in [2.45, 2.75) is 0 Å². The second kappa shape index (κ2) is 4.87. The molecular formula is C14H13FO2. The third-order valence-corrected chi connectivity index (χ3v) is 2.56. The number of ether oxygens (including phenoxy) is 2. The zero-order valence-corrected chi connectivity index (χ0v) is 9.74. The van der Waals surface area contributed by atoms with E-state index in [0.29, 0.717) is 11.3 Å². The molecule has 0 saturated carbocycles. The lowest BCUT2D eigenvalue weighted by atomic mass is 10.0. The summed E-state index contributed by atoms with van der Waals surface area (Å²) in [6.07, 6.45) is 0. The van der Waals surface area contributed by atoms with Crippen molar-refractivity contribution in [1.82, 2.24) is 0 Å². The normalized spacial score (nSPS) is 10.1. The van der Waals surface area contributed by atoms with Crippen molar-refractivity contribution in [3.05, 3.63) is 48.3 Å². The molecule has 0 amide bonds. The summed E-state index contributed by atoms with van der Waals surface area (Å²) in [7, 11) is 3.04. The molecule has 0 fully saturated rings. The summed E-state index contributed by atoms with van der Waals surface area (Å²) in [4.78, 5) is 0. The van der Waals surface area contributed by atoms with Gasteiger partial charge in [-0.05, 0) is 23.8 Å². The highest BCUT2D eigenvalue weighted by Crippen LogP contribution is 2.30. The van der Waals surface area contributed by atoms with Gasteiger partial charge >= 0.3 is 0 Å². The molecule has 17 heavy (non-hydrogen) atoms. The number of methoxy groups -OCH3 is 2. The van der Waals surface area contributed by atoms with E-state index in [4.69, 9.17) is 9.47 Å². The van der Waals surface area contributed by atoms with Gasteiger partial charge in [-0.3, -0.25) is 0 Å². The lowest BCUT2D eigenvalue weighted by Gasteiger charge is -2.08. The first-order valence-electron chi connectivity index (χ1n) is 5.23. The van der Waals surface area contributed by atoms with Crippen LogP contribution < -0.4 is 9.47 Å². The first-order chi connectivity index (χ1) is 8.26. The van der Waals surface area contributed by atoms with Crippen LogP contribution in [-0.4, -0.2) is 14.2 Å². The second-order valence-electron chi connectivity index (χ2n) is 3.55. The van der Waals surface area contributed by atoms with Gasteiger partial charge in [0.25, 0.3) is 0 Å². The van der Waals surface area contributed by atoms with E-state index in [0.717, 1.165) is 5.56 Å². The molecule has 0 aromatic heterocycles. The molecule has 0 aliphatic carbocycles. The van der Waals surface area contributed by atoms with Gasteiger partial charge in [-0.15, -0.1) is 0 Å². The quantitative estimate of drug-likeness (QED) is 0.806. The minimum absolute atomic E-state index is 0.241. The molecule has 0 spiro atoms. The van der Waals surface area contributed by atoms with Crippen LogP contribution in [-0.2, 0) is 0 Å². The highest BCUT2D eigenvalue weighted by atomic mass is 19.1. The average molecular weight is 232 g/mol. The Morgan fingerprint density at radius 2 is 1.71 bits per heavy atom. The predicted octanol–water partition coefficient (Wildman–Crippen LogP) is 3.51. The molecule has 0 atom stereocenters. The Morgan fingerprint density at radius 3 is 2.41 bits per heavy atom. The van der Waals surface area contributed by atoms with Crippen molar-refractivity contribution in [1.29, 1.82) is 0 Å². The van der Waals surface area contributed by atoms with E-state index in [1.54, 1.807) is 31.4 Å². The van der Waals surface area contributed by atoms with Crippen LogP contribution in [0.25, 0.3) is 11.1 Å². The highest BCUT2D eigenvalue weighted by molar-refractivity contribution is 5.67. The lowest BCUT2D eigenvalue weighted by molar-refractivity contribution is 0.387.